The molecule has 0 aliphatic carbocycles. The van der Waals surface area contributed by atoms with Gasteiger partial charge in [0.25, 0.3) is 11.1 Å². The topological polar surface area (TPSA) is 82.1 Å². The number of hydrogen-bond donors (Lipinski definition) is 0. The zero-order valence-corrected chi connectivity index (χ0v) is 22.3. The van der Waals surface area contributed by atoms with E-state index in [1.165, 1.54) is 25.2 Å². The molecule has 1 heterocycles. The fourth-order valence-electron chi connectivity index (χ4n) is 3.36. The van der Waals surface area contributed by atoms with Gasteiger partial charge in [0.05, 0.1) is 36.3 Å². The van der Waals surface area contributed by atoms with E-state index in [9.17, 15) is 14.4 Å². The maximum absolute atomic E-state index is 12.9. The molecule has 36 heavy (non-hydrogen) atoms. The molecule has 2 amide bonds. The van der Waals surface area contributed by atoms with Crippen LogP contribution < -0.4 is 14.2 Å². The van der Waals surface area contributed by atoms with E-state index in [0.717, 1.165) is 21.8 Å². The van der Waals surface area contributed by atoms with Gasteiger partial charge < -0.3 is 14.2 Å². The number of thioether (sulfide) groups is 1. The molecule has 1 fully saturated rings. The summed E-state index contributed by atoms with van der Waals surface area (Å²) in [6.45, 7) is 0.166. The van der Waals surface area contributed by atoms with Crippen LogP contribution in [0.15, 0.2) is 70.0 Å². The molecule has 3 aromatic rings. The van der Waals surface area contributed by atoms with Gasteiger partial charge in [0, 0.05) is 4.47 Å². The quantitative estimate of drug-likeness (QED) is 0.175. The molecule has 1 aliphatic rings. The van der Waals surface area contributed by atoms with Crippen LogP contribution in [-0.2, 0) is 11.3 Å². The minimum atomic E-state index is -0.625. The molecule has 3 aromatic carbocycles. The smallest absolute Gasteiger partial charge is 0.343 e. The van der Waals surface area contributed by atoms with Gasteiger partial charge in [-0.1, -0.05) is 39.7 Å². The Hall–Kier alpha value is -3.27. The predicted molar refractivity (Wildman–Crippen MR) is 142 cm³/mol. The van der Waals surface area contributed by atoms with E-state index in [2.05, 4.69) is 15.9 Å². The molecule has 4 rings (SSSR count). The maximum Gasteiger partial charge on any atom is 0.343 e. The monoisotopic (exact) mass is 587 g/mol. The van der Waals surface area contributed by atoms with Gasteiger partial charge in [-0.05, 0) is 77.5 Å². The van der Waals surface area contributed by atoms with Crippen molar-refractivity contribution in [3.05, 3.63) is 91.8 Å². The summed E-state index contributed by atoms with van der Waals surface area (Å²) in [5.41, 5.74) is 1.64. The number of nitrogens with zero attached hydrogens (tertiary/aromatic N) is 1. The van der Waals surface area contributed by atoms with Crippen LogP contribution in [0.2, 0.25) is 5.02 Å². The molecule has 0 aromatic heterocycles. The first kappa shape index (κ1) is 25.8. The highest BCUT2D eigenvalue weighted by molar-refractivity contribution is 9.10. The number of carbonyl (C=O) groups is 3. The Bertz CT molecular complexity index is 1360. The van der Waals surface area contributed by atoms with Crippen molar-refractivity contribution in [3.63, 3.8) is 0 Å². The van der Waals surface area contributed by atoms with E-state index < -0.39 is 11.9 Å². The Morgan fingerprint density at radius 3 is 2.36 bits per heavy atom. The average molecular weight is 589 g/mol. The first-order valence-corrected chi connectivity index (χ1v) is 12.5. The minimum Gasteiger partial charge on any atom is -0.497 e. The van der Waals surface area contributed by atoms with Gasteiger partial charge in [0.15, 0.2) is 11.5 Å². The fourth-order valence-corrected chi connectivity index (χ4v) is 4.72. The van der Waals surface area contributed by atoms with Crippen LogP contribution in [0.25, 0.3) is 6.08 Å². The average Bonchev–Trinajstić information content (AvgIpc) is 3.13. The number of ether oxygens (including phenoxy) is 3. The summed E-state index contributed by atoms with van der Waals surface area (Å²) in [5, 5.41) is -0.256. The summed E-state index contributed by atoms with van der Waals surface area (Å²) in [6.07, 6.45) is 1.55. The third-order valence-corrected chi connectivity index (χ3v) is 6.91. The van der Waals surface area contributed by atoms with Gasteiger partial charge in [-0.15, -0.1) is 0 Å². The number of esters is 1. The third-order valence-electron chi connectivity index (χ3n) is 5.20. The van der Waals surface area contributed by atoms with E-state index in [-0.39, 0.29) is 33.2 Å². The molecule has 1 aliphatic heterocycles. The first-order chi connectivity index (χ1) is 17.3. The van der Waals surface area contributed by atoms with E-state index >= 15 is 0 Å². The predicted octanol–water partition coefficient (Wildman–Crippen LogP) is 6.58. The Kier molecular flexibility index (Phi) is 8.03. The largest absolute Gasteiger partial charge is 0.497 e. The molecule has 0 spiro atoms. The van der Waals surface area contributed by atoms with E-state index in [1.807, 2.05) is 24.3 Å². The van der Waals surface area contributed by atoms with E-state index in [0.29, 0.717) is 16.9 Å². The van der Waals surface area contributed by atoms with Crippen LogP contribution in [0.3, 0.4) is 0 Å². The number of benzene rings is 3. The van der Waals surface area contributed by atoms with Gasteiger partial charge in [0.2, 0.25) is 0 Å². The molecule has 0 radical (unpaired) electrons. The normalized spacial score (nSPS) is 14.3. The second-order valence-electron chi connectivity index (χ2n) is 7.55. The Labute approximate surface area is 225 Å². The molecule has 1 saturated heterocycles. The summed E-state index contributed by atoms with van der Waals surface area (Å²) >= 11 is 10.6. The summed E-state index contributed by atoms with van der Waals surface area (Å²) < 4.78 is 16.9. The SMILES string of the molecule is COc1ccc(C(=O)Oc2c(Cl)cc(/C=C3\SC(=O)N(Cc4ccc(Br)cc4)C3=O)cc2OC)cc1. The van der Waals surface area contributed by atoms with E-state index in [4.69, 9.17) is 25.8 Å². The number of hydrogen-bond acceptors (Lipinski definition) is 7. The number of halogens is 2. The number of imide groups is 1. The summed E-state index contributed by atoms with van der Waals surface area (Å²) in [6, 6.07) is 16.9. The molecule has 7 nitrogen and oxygen atoms in total. The number of rotatable bonds is 7. The lowest BCUT2D eigenvalue weighted by molar-refractivity contribution is -0.123. The van der Waals surface area contributed by atoms with Crippen LogP contribution in [0.1, 0.15) is 21.5 Å². The highest BCUT2D eigenvalue weighted by Crippen LogP contribution is 2.39. The van der Waals surface area contributed by atoms with Crippen LogP contribution in [0, 0.1) is 0 Å². The van der Waals surface area contributed by atoms with Gasteiger partial charge in [-0.2, -0.15) is 0 Å². The van der Waals surface area contributed by atoms with Gasteiger partial charge in [0.1, 0.15) is 5.75 Å². The second kappa shape index (κ2) is 11.2. The highest BCUT2D eigenvalue weighted by atomic mass is 79.9. The lowest BCUT2D eigenvalue weighted by Crippen LogP contribution is -2.27. The Morgan fingerprint density at radius 2 is 1.72 bits per heavy atom. The van der Waals surface area contributed by atoms with Crippen molar-refractivity contribution >= 4 is 62.5 Å². The van der Waals surface area contributed by atoms with Crippen molar-refractivity contribution in [2.45, 2.75) is 6.54 Å². The van der Waals surface area contributed by atoms with Gasteiger partial charge >= 0.3 is 5.97 Å². The number of amides is 2. The molecule has 0 saturated carbocycles. The summed E-state index contributed by atoms with van der Waals surface area (Å²) in [5.74, 6) is -0.185. The maximum atomic E-state index is 12.9. The zero-order valence-electron chi connectivity index (χ0n) is 19.1. The Morgan fingerprint density at radius 1 is 1.03 bits per heavy atom. The molecule has 184 valence electrons. The van der Waals surface area contributed by atoms with E-state index in [1.54, 1.807) is 36.4 Å². The zero-order chi connectivity index (χ0) is 25.8. The second-order valence-corrected chi connectivity index (χ2v) is 9.86. The van der Waals surface area contributed by atoms with Crippen molar-refractivity contribution in [1.82, 2.24) is 4.90 Å². The first-order valence-electron chi connectivity index (χ1n) is 10.5. The van der Waals surface area contributed by atoms with Crippen LogP contribution in [0.4, 0.5) is 4.79 Å². The lowest BCUT2D eigenvalue weighted by atomic mass is 10.1. The van der Waals surface area contributed by atoms with Crippen molar-refractivity contribution < 1.29 is 28.6 Å². The number of methoxy groups -OCH3 is 2. The minimum absolute atomic E-state index is 0.0421. The Balaban J connectivity index is 1.54. The van der Waals surface area contributed by atoms with Crippen molar-refractivity contribution in [2.75, 3.05) is 14.2 Å². The molecule has 0 atom stereocenters. The molecule has 10 heteroatoms. The molecular formula is C26H19BrClNO6S. The standard InChI is InChI=1S/C26H19BrClNO6S/c1-33-19-9-5-17(6-10-19)25(31)35-23-20(28)11-16(12-21(23)34-2)13-22-24(30)29(26(32)36-22)14-15-3-7-18(27)8-4-15/h3-13H,14H2,1-2H3/b22-13-. The van der Waals surface area contributed by atoms with Crippen LogP contribution >= 0.6 is 39.3 Å². The summed E-state index contributed by atoms with van der Waals surface area (Å²) in [7, 11) is 2.94. The van der Waals surface area contributed by atoms with Crippen LogP contribution in [-0.4, -0.2) is 36.2 Å². The highest BCUT2D eigenvalue weighted by Gasteiger charge is 2.35. The molecular weight excluding hydrogens is 570 g/mol. The molecule has 0 unspecified atom stereocenters. The van der Waals surface area contributed by atoms with Gasteiger partial charge in [-0.25, -0.2) is 4.79 Å². The molecule has 0 N–H and O–H groups in total. The fraction of sp³-hybridized carbons (Fsp3) is 0.115. The lowest BCUT2D eigenvalue weighted by Gasteiger charge is -2.13. The number of carbonyl (C=O) groups excluding carboxylic acids is 3. The van der Waals surface area contributed by atoms with Crippen molar-refractivity contribution in [2.24, 2.45) is 0 Å². The van der Waals surface area contributed by atoms with Gasteiger partial charge in [-0.3, -0.25) is 14.5 Å². The van der Waals surface area contributed by atoms with Crippen molar-refractivity contribution in [3.8, 4) is 17.2 Å². The third kappa shape index (κ3) is 5.75. The summed E-state index contributed by atoms with van der Waals surface area (Å²) in [4.78, 5) is 39.4. The molecule has 0 bridgehead atoms. The van der Waals surface area contributed by atoms with Crippen LogP contribution in [0.5, 0.6) is 17.2 Å². The van der Waals surface area contributed by atoms with Crippen molar-refractivity contribution in [1.29, 1.82) is 0 Å².